The number of carbonyl (C=O) groups excluding carboxylic acids is 2. The predicted molar refractivity (Wildman–Crippen MR) is 100 cm³/mol. The number of nitrogens with zero attached hydrogens (tertiary/aromatic N) is 1. The van der Waals surface area contributed by atoms with Crippen molar-refractivity contribution in [2.75, 3.05) is 5.32 Å². The number of amides is 3. The van der Waals surface area contributed by atoms with Crippen LogP contribution in [0.1, 0.15) is 24.1 Å². The number of nitro benzene ring substituents is 1. The molecule has 30 heavy (non-hydrogen) atoms. The van der Waals surface area contributed by atoms with E-state index in [2.05, 4.69) is 16.0 Å². The smallest absolute Gasteiger partial charge is 0.327 e. The second-order valence-electron chi connectivity index (χ2n) is 6.42. The molecule has 0 aromatic heterocycles. The van der Waals surface area contributed by atoms with Crippen molar-refractivity contribution >= 4 is 23.3 Å². The molecule has 0 saturated carbocycles. The van der Waals surface area contributed by atoms with Crippen molar-refractivity contribution < 1.29 is 27.7 Å². The highest BCUT2D eigenvalue weighted by Gasteiger charge is 2.39. The highest BCUT2D eigenvalue weighted by atomic mass is 19.4. The minimum atomic E-state index is -4.71. The van der Waals surface area contributed by atoms with E-state index in [4.69, 9.17) is 0 Å². The second kappa shape index (κ2) is 7.85. The normalized spacial score (nSPS) is 16.5. The SMILES string of the molecule is CC1=C(C(=O)Nc2cccc([N+](=O)[O-])c2)[C@@H](c2ccccc2C(F)(F)F)NC(=O)N1. The average Bonchev–Trinajstić information content (AvgIpc) is 2.66. The first-order valence-corrected chi connectivity index (χ1v) is 8.58. The molecule has 0 bridgehead atoms. The Balaban J connectivity index is 2.02. The number of halogens is 3. The van der Waals surface area contributed by atoms with Crippen LogP contribution in [0, 0.1) is 10.1 Å². The number of anilines is 1. The molecule has 0 fully saturated rings. The van der Waals surface area contributed by atoms with E-state index >= 15 is 0 Å². The molecule has 156 valence electrons. The third-order valence-corrected chi connectivity index (χ3v) is 4.41. The molecule has 0 spiro atoms. The molecule has 0 aliphatic carbocycles. The Kier molecular flexibility index (Phi) is 5.45. The van der Waals surface area contributed by atoms with Gasteiger partial charge in [0, 0.05) is 23.5 Å². The fraction of sp³-hybridized carbons (Fsp3) is 0.158. The Morgan fingerprint density at radius 3 is 2.53 bits per heavy atom. The molecule has 3 rings (SSSR count). The number of benzene rings is 2. The van der Waals surface area contributed by atoms with Crippen LogP contribution in [-0.4, -0.2) is 16.9 Å². The van der Waals surface area contributed by atoms with Gasteiger partial charge in [-0.3, -0.25) is 14.9 Å². The molecule has 1 heterocycles. The number of hydrogen-bond donors (Lipinski definition) is 3. The number of nitro groups is 1. The maximum Gasteiger partial charge on any atom is 0.416 e. The van der Waals surface area contributed by atoms with Crippen LogP contribution >= 0.6 is 0 Å². The van der Waals surface area contributed by atoms with Crippen molar-refractivity contribution in [2.24, 2.45) is 0 Å². The molecule has 2 aromatic carbocycles. The zero-order valence-corrected chi connectivity index (χ0v) is 15.4. The molecule has 1 aliphatic heterocycles. The topological polar surface area (TPSA) is 113 Å². The van der Waals surface area contributed by atoms with Gasteiger partial charge in [-0.2, -0.15) is 13.2 Å². The van der Waals surface area contributed by atoms with E-state index in [1.165, 1.54) is 43.3 Å². The Hall–Kier alpha value is -3.89. The summed E-state index contributed by atoms with van der Waals surface area (Å²) in [6, 6.07) is 7.55. The van der Waals surface area contributed by atoms with Crippen LogP contribution in [0.25, 0.3) is 0 Å². The molecule has 0 unspecified atom stereocenters. The monoisotopic (exact) mass is 420 g/mol. The lowest BCUT2D eigenvalue weighted by atomic mass is 9.91. The molecule has 3 N–H and O–H groups in total. The van der Waals surface area contributed by atoms with Crippen molar-refractivity contribution in [2.45, 2.75) is 19.1 Å². The number of rotatable bonds is 4. The van der Waals surface area contributed by atoms with Gasteiger partial charge >= 0.3 is 12.2 Å². The number of non-ortho nitro benzene ring substituents is 1. The first kappa shape index (κ1) is 20.8. The van der Waals surface area contributed by atoms with Gasteiger partial charge in [-0.05, 0) is 24.6 Å². The summed E-state index contributed by atoms with van der Waals surface area (Å²) in [4.78, 5) is 35.1. The summed E-state index contributed by atoms with van der Waals surface area (Å²) < 4.78 is 40.5. The van der Waals surface area contributed by atoms with Crippen LogP contribution in [0.5, 0.6) is 0 Å². The van der Waals surface area contributed by atoms with Gasteiger partial charge < -0.3 is 16.0 Å². The van der Waals surface area contributed by atoms with E-state index in [-0.39, 0.29) is 28.2 Å². The van der Waals surface area contributed by atoms with Crippen molar-refractivity contribution in [1.82, 2.24) is 10.6 Å². The van der Waals surface area contributed by atoms with Crippen LogP contribution in [0.2, 0.25) is 0 Å². The van der Waals surface area contributed by atoms with Gasteiger partial charge in [0.2, 0.25) is 0 Å². The number of carbonyl (C=O) groups is 2. The minimum absolute atomic E-state index is 0.0589. The number of alkyl halides is 3. The van der Waals surface area contributed by atoms with Crippen molar-refractivity contribution in [3.05, 3.63) is 81.0 Å². The van der Waals surface area contributed by atoms with E-state index in [9.17, 15) is 32.9 Å². The molecule has 2 aromatic rings. The second-order valence-corrected chi connectivity index (χ2v) is 6.42. The zero-order valence-electron chi connectivity index (χ0n) is 15.4. The average molecular weight is 420 g/mol. The van der Waals surface area contributed by atoms with Crippen LogP contribution in [0.3, 0.4) is 0 Å². The Morgan fingerprint density at radius 2 is 1.87 bits per heavy atom. The maximum absolute atomic E-state index is 13.5. The Morgan fingerprint density at radius 1 is 1.17 bits per heavy atom. The van der Waals surface area contributed by atoms with Crippen LogP contribution in [0.4, 0.5) is 29.3 Å². The maximum atomic E-state index is 13.5. The molecule has 8 nitrogen and oxygen atoms in total. The highest BCUT2D eigenvalue weighted by molar-refractivity contribution is 6.07. The van der Waals surface area contributed by atoms with E-state index in [0.717, 1.165) is 12.1 Å². The van der Waals surface area contributed by atoms with Crippen molar-refractivity contribution in [1.29, 1.82) is 0 Å². The summed E-state index contributed by atoms with van der Waals surface area (Å²) in [5.74, 6) is -0.817. The van der Waals surface area contributed by atoms with Crippen LogP contribution < -0.4 is 16.0 Å². The van der Waals surface area contributed by atoms with Crippen molar-refractivity contribution in [3.8, 4) is 0 Å². The lowest BCUT2D eigenvalue weighted by molar-refractivity contribution is -0.384. The summed E-state index contributed by atoms with van der Waals surface area (Å²) in [5.41, 5.74) is -1.59. The van der Waals surface area contributed by atoms with E-state index in [0.29, 0.717) is 0 Å². The molecule has 0 saturated heterocycles. The standard InChI is InChI=1S/C19H15F3N4O4/c1-10-15(17(27)24-11-5-4-6-12(9-11)26(29)30)16(25-18(28)23-10)13-7-2-3-8-14(13)19(20,21)22/h2-9,16H,1H3,(H,24,27)(H2,23,25,28)/t16-/m1/s1. The number of urea groups is 1. The predicted octanol–water partition coefficient (Wildman–Crippen LogP) is 3.88. The largest absolute Gasteiger partial charge is 0.416 e. The lowest BCUT2D eigenvalue weighted by Crippen LogP contribution is -2.46. The summed E-state index contributed by atoms with van der Waals surface area (Å²) in [7, 11) is 0. The lowest BCUT2D eigenvalue weighted by Gasteiger charge is -2.30. The first-order chi connectivity index (χ1) is 14.1. The van der Waals surface area contributed by atoms with Gasteiger partial charge in [0.15, 0.2) is 0 Å². The van der Waals surface area contributed by atoms with Gasteiger partial charge in [-0.1, -0.05) is 24.3 Å². The van der Waals surface area contributed by atoms with E-state index < -0.39 is 34.6 Å². The molecular weight excluding hydrogens is 405 g/mol. The fourth-order valence-electron chi connectivity index (χ4n) is 3.13. The third-order valence-electron chi connectivity index (χ3n) is 4.41. The van der Waals surface area contributed by atoms with Crippen molar-refractivity contribution in [3.63, 3.8) is 0 Å². The first-order valence-electron chi connectivity index (χ1n) is 8.58. The molecule has 3 amide bonds. The van der Waals surface area contributed by atoms with Gasteiger partial charge in [-0.15, -0.1) is 0 Å². The van der Waals surface area contributed by atoms with Gasteiger partial charge in [-0.25, -0.2) is 4.79 Å². The molecule has 1 aliphatic rings. The van der Waals surface area contributed by atoms with E-state index in [1.807, 2.05) is 0 Å². The van der Waals surface area contributed by atoms with E-state index in [1.54, 1.807) is 0 Å². The molecule has 11 heteroatoms. The quantitative estimate of drug-likeness (QED) is 0.515. The van der Waals surface area contributed by atoms with Gasteiger partial charge in [0.1, 0.15) is 0 Å². The summed E-state index contributed by atoms with van der Waals surface area (Å²) in [6.07, 6.45) is -4.71. The summed E-state index contributed by atoms with van der Waals surface area (Å²) in [6.45, 7) is 1.38. The fourth-order valence-corrected chi connectivity index (χ4v) is 3.13. The van der Waals surface area contributed by atoms with Crippen LogP contribution in [-0.2, 0) is 11.0 Å². The number of hydrogen-bond acceptors (Lipinski definition) is 4. The Bertz CT molecular complexity index is 1070. The van der Waals surface area contributed by atoms with Gasteiger partial charge in [0.25, 0.3) is 11.6 Å². The molecule has 0 radical (unpaired) electrons. The number of allylic oxidation sites excluding steroid dienone is 1. The minimum Gasteiger partial charge on any atom is -0.327 e. The van der Waals surface area contributed by atoms with Gasteiger partial charge in [0.05, 0.1) is 22.1 Å². The Labute approximate surface area is 167 Å². The summed E-state index contributed by atoms with van der Waals surface area (Å²) in [5, 5.41) is 18.1. The number of nitrogens with one attached hydrogen (secondary N) is 3. The molecular formula is C19H15F3N4O4. The third kappa shape index (κ3) is 4.24. The van der Waals surface area contributed by atoms with Crippen LogP contribution in [0.15, 0.2) is 59.8 Å². The highest BCUT2D eigenvalue weighted by Crippen LogP contribution is 2.38. The zero-order chi connectivity index (χ0) is 22.1. The molecule has 1 atom stereocenters. The summed E-state index contributed by atoms with van der Waals surface area (Å²) >= 11 is 0.